The largest absolute Gasteiger partial charge is 0.460 e. The minimum absolute atomic E-state index is 0.111. The second-order valence-corrected chi connectivity index (χ2v) is 13.5. The maximum atomic E-state index is 14.8. The molecule has 0 radical (unpaired) electrons. The van der Waals surface area contributed by atoms with Crippen LogP contribution in [0.25, 0.3) is 10.8 Å². The Bertz CT molecular complexity index is 1510. The van der Waals surface area contributed by atoms with Crippen molar-refractivity contribution in [3.05, 3.63) is 67.8 Å². The molecule has 0 saturated carbocycles. The summed E-state index contributed by atoms with van der Waals surface area (Å²) in [6.45, 7) is 10.9. The maximum absolute atomic E-state index is 14.8. The van der Waals surface area contributed by atoms with E-state index in [1.807, 2.05) is 49.4 Å². The van der Waals surface area contributed by atoms with Crippen LogP contribution >= 0.6 is 15.9 Å². The van der Waals surface area contributed by atoms with E-state index in [1.54, 1.807) is 24.0 Å². The minimum atomic E-state index is -1.32. The number of rotatable bonds is 14. The summed E-state index contributed by atoms with van der Waals surface area (Å²) in [5.74, 6) is -3.55. The molecule has 1 unspecified atom stereocenters. The molecule has 46 heavy (non-hydrogen) atoms. The van der Waals surface area contributed by atoms with E-state index >= 15 is 0 Å². The molecule has 10 nitrogen and oxygen atoms in total. The molecule has 2 bridgehead atoms. The van der Waals surface area contributed by atoms with E-state index < -0.39 is 53.6 Å². The fourth-order valence-electron chi connectivity index (χ4n) is 7.26. The molecule has 246 valence electrons. The topological polar surface area (TPSA) is 125 Å². The van der Waals surface area contributed by atoms with Crippen molar-refractivity contribution >= 4 is 56.1 Å². The lowest BCUT2D eigenvalue weighted by Crippen LogP contribution is -2.59. The molecule has 2 aromatic rings. The van der Waals surface area contributed by atoms with Crippen LogP contribution in [0.5, 0.6) is 0 Å². The van der Waals surface area contributed by atoms with Crippen LogP contribution in [0.2, 0.25) is 0 Å². The number of likely N-dealkylation sites (tertiary alicyclic amines) is 1. The van der Waals surface area contributed by atoms with E-state index in [4.69, 9.17) is 9.47 Å². The number of fused-ring (bicyclic) bond motifs is 2. The van der Waals surface area contributed by atoms with Crippen LogP contribution < -0.4 is 10.2 Å². The number of benzene rings is 2. The van der Waals surface area contributed by atoms with Crippen LogP contribution in [0, 0.1) is 11.8 Å². The van der Waals surface area contributed by atoms with Crippen molar-refractivity contribution in [1.29, 1.82) is 0 Å². The number of halogens is 1. The molecule has 3 saturated heterocycles. The number of carbonyl (C=O) groups excluding carboxylic acids is 4. The predicted molar refractivity (Wildman–Crippen MR) is 178 cm³/mol. The number of hydrogen-bond acceptors (Lipinski definition) is 7. The molecule has 0 aromatic heterocycles. The number of ether oxygens (including phenoxy) is 2. The number of nitrogens with one attached hydrogen (secondary N) is 1. The third-order valence-electron chi connectivity index (χ3n) is 9.41. The first-order valence-corrected chi connectivity index (χ1v) is 16.8. The zero-order valence-corrected chi connectivity index (χ0v) is 27.9. The monoisotopic (exact) mass is 695 g/mol. The summed E-state index contributed by atoms with van der Waals surface area (Å²) in [4.78, 5) is 57.8. The minimum Gasteiger partial charge on any atom is -0.460 e. The molecule has 11 heteroatoms. The number of esters is 1. The van der Waals surface area contributed by atoms with Gasteiger partial charge in [0.05, 0.1) is 37.1 Å². The number of nitrogens with zero attached hydrogens (tertiary/aromatic N) is 2. The van der Waals surface area contributed by atoms with Crippen molar-refractivity contribution in [1.82, 2.24) is 10.2 Å². The summed E-state index contributed by atoms with van der Waals surface area (Å²) >= 11 is 3.68. The van der Waals surface area contributed by atoms with Crippen molar-refractivity contribution in [2.75, 3.05) is 24.6 Å². The van der Waals surface area contributed by atoms with E-state index in [1.165, 1.54) is 4.90 Å². The highest BCUT2D eigenvalue weighted by atomic mass is 79.9. The van der Waals surface area contributed by atoms with Gasteiger partial charge in [0.2, 0.25) is 11.8 Å². The molecule has 3 aliphatic heterocycles. The second-order valence-electron chi connectivity index (χ2n) is 12.3. The van der Waals surface area contributed by atoms with Crippen molar-refractivity contribution < 1.29 is 33.8 Å². The highest BCUT2D eigenvalue weighted by molar-refractivity contribution is 9.09. The summed E-state index contributed by atoms with van der Waals surface area (Å²) in [5, 5.41) is 15.1. The Morgan fingerprint density at radius 1 is 1.22 bits per heavy atom. The lowest BCUT2D eigenvalue weighted by atomic mass is 9.70. The summed E-state index contributed by atoms with van der Waals surface area (Å²) in [5.41, 5.74) is -0.687. The highest BCUT2D eigenvalue weighted by Crippen LogP contribution is 2.61. The first-order valence-electron chi connectivity index (χ1n) is 15.9. The van der Waals surface area contributed by atoms with Gasteiger partial charge in [0.25, 0.3) is 5.91 Å². The molecule has 3 amide bonds. The third-order valence-corrected chi connectivity index (χ3v) is 10.3. The second kappa shape index (κ2) is 14.1. The Labute approximate surface area is 277 Å². The van der Waals surface area contributed by atoms with Gasteiger partial charge in [-0.1, -0.05) is 65.3 Å². The van der Waals surface area contributed by atoms with E-state index in [0.717, 1.165) is 10.8 Å². The molecule has 3 aliphatic rings. The van der Waals surface area contributed by atoms with Crippen molar-refractivity contribution in [3.8, 4) is 0 Å². The number of hydrogen-bond donors (Lipinski definition) is 2. The molecule has 3 fully saturated rings. The molecule has 0 aliphatic carbocycles. The average molecular weight is 697 g/mol. The van der Waals surface area contributed by atoms with Gasteiger partial charge in [-0.05, 0) is 49.1 Å². The summed E-state index contributed by atoms with van der Waals surface area (Å²) in [6, 6.07) is 11.8. The number of aliphatic hydroxyl groups excluding tert-OH is 1. The summed E-state index contributed by atoms with van der Waals surface area (Å²) < 4.78 is 12.4. The number of aliphatic hydroxyl groups is 1. The number of alkyl halides is 1. The average Bonchev–Trinajstić information content (AvgIpc) is 3.65. The number of carbonyl (C=O) groups is 4. The number of allylic oxidation sites excluding steroid dienone is 1. The van der Waals surface area contributed by atoms with Gasteiger partial charge in [0, 0.05) is 23.5 Å². The van der Waals surface area contributed by atoms with E-state index in [9.17, 15) is 24.3 Å². The molecule has 8 atom stereocenters. The van der Waals surface area contributed by atoms with Crippen LogP contribution in [0.1, 0.15) is 39.5 Å². The fourth-order valence-corrected chi connectivity index (χ4v) is 8.21. The zero-order valence-electron chi connectivity index (χ0n) is 26.3. The normalized spacial score (nSPS) is 27.6. The third kappa shape index (κ3) is 6.00. The van der Waals surface area contributed by atoms with Crippen LogP contribution in [-0.4, -0.2) is 88.1 Å². The van der Waals surface area contributed by atoms with Gasteiger partial charge < -0.3 is 29.7 Å². The van der Waals surface area contributed by atoms with E-state index in [2.05, 4.69) is 34.4 Å². The smallest absolute Gasteiger partial charge is 0.312 e. The Morgan fingerprint density at radius 3 is 2.63 bits per heavy atom. The number of anilines is 1. The lowest BCUT2D eigenvalue weighted by Gasteiger charge is -2.39. The van der Waals surface area contributed by atoms with Crippen LogP contribution in [0.15, 0.2) is 67.8 Å². The SMILES string of the molecule is C=CCCC(=O)NC[C@H](C)OC(=O)[C@H]1[C@@H]2O[C@@]3(CC2Br)[C@@H]1C(=O)N([C@@H](CC)CO)[C@@H]3C(=O)N(CC=C)c1ccc2ccccc2c1. The first-order chi connectivity index (χ1) is 22.1. The summed E-state index contributed by atoms with van der Waals surface area (Å²) in [7, 11) is 0. The Morgan fingerprint density at radius 2 is 1.96 bits per heavy atom. The van der Waals surface area contributed by atoms with Crippen LogP contribution in [0.4, 0.5) is 5.69 Å². The molecular formula is C35H42BrN3O7. The zero-order chi connectivity index (χ0) is 33.2. The van der Waals surface area contributed by atoms with Gasteiger partial charge in [0.1, 0.15) is 17.7 Å². The van der Waals surface area contributed by atoms with E-state index in [-0.39, 0.29) is 42.8 Å². The van der Waals surface area contributed by atoms with Gasteiger partial charge in [-0.2, -0.15) is 0 Å². The van der Waals surface area contributed by atoms with Crippen molar-refractivity contribution in [2.45, 2.75) is 74.3 Å². The lowest BCUT2D eigenvalue weighted by molar-refractivity contribution is -0.159. The standard InChI is InChI=1S/C35H42BrN3O7/c1-5-8-13-27(41)37-19-21(4)45-34(44)28-29-32(42)39(24(7-3)20-40)31(35(29)18-26(36)30(28)46-35)33(43)38(16-6-2)25-15-14-22-11-9-10-12-23(22)17-25/h5-6,9-12,14-15,17,21,24,26,28-31,40H,1-2,7-8,13,16,18-20H2,3-4H3,(H,37,41)/t21-,24-,26?,28+,29-,30+,31+,35-/m0/s1. The molecular weight excluding hydrogens is 654 g/mol. The Hall–Kier alpha value is -3.54. The maximum Gasteiger partial charge on any atom is 0.312 e. The van der Waals surface area contributed by atoms with Crippen LogP contribution in [0.3, 0.4) is 0 Å². The van der Waals surface area contributed by atoms with Gasteiger partial charge >= 0.3 is 5.97 Å². The van der Waals surface area contributed by atoms with Gasteiger partial charge in [-0.25, -0.2) is 0 Å². The highest BCUT2D eigenvalue weighted by Gasteiger charge is 2.77. The van der Waals surface area contributed by atoms with Gasteiger partial charge in [-0.3, -0.25) is 19.2 Å². The Balaban J connectivity index is 1.48. The van der Waals surface area contributed by atoms with Crippen molar-refractivity contribution in [3.63, 3.8) is 0 Å². The van der Waals surface area contributed by atoms with E-state index in [0.29, 0.717) is 24.9 Å². The molecule has 5 rings (SSSR count). The van der Waals surface area contributed by atoms with Gasteiger partial charge in [0.15, 0.2) is 0 Å². The van der Waals surface area contributed by atoms with Crippen molar-refractivity contribution in [2.24, 2.45) is 11.8 Å². The predicted octanol–water partition coefficient (Wildman–Crippen LogP) is 3.89. The fraction of sp³-hybridized carbons (Fsp3) is 0.486. The molecule has 1 spiro atoms. The summed E-state index contributed by atoms with van der Waals surface area (Å²) in [6.07, 6.45) is 3.46. The molecule has 2 N–H and O–H groups in total. The Kier molecular flexibility index (Phi) is 10.3. The van der Waals surface area contributed by atoms with Gasteiger partial charge in [-0.15, -0.1) is 13.2 Å². The molecule has 2 aromatic carbocycles. The number of amides is 3. The molecule has 3 heterocycles. The quantitative estimate of drug-likeness (QED) is 0.175. The first kappa shape index (κ1) is 33.8. The van der Waals surface area contributed by atoms with Crippen LogP contribution in [-0.2, 0) is 28.7 Å².